The van der Waals surface area contributed by atoms with Crippen LogP contribution >= 0.6 is 0 Å². The maximum absolute atomic E-state index is 4.53. The number of piperazine rings is 1. The van der Waals surface area contributed by atoms with Crippen LogP contribution in [0.5, 0.6) is 0 Å². The van der Waals surface area contributed by atoms with E-state index in [0.29, 0.717) is 0 Å². The second-order valence-corrected chi connectivity index (χ2v) is 5.71. The van der Waals surface area contributed by atoms with Gasteiger partial charge in [-0.05, 0) is 24.6 Å². The van der Waals surface area contributed by atoms with Gasteiger partial charge in [0.25, 0.3) is 0 Å². The van der Waals surface area contributed by atoms with Gasteiger partial charge in [-0.25, -0.2) is 0 Å². The summed E-state index contributed by atoms with van der Waals surface area (Å²) in [6.07, 6.45) is 3.64. The van der Waals surface area contributed by atoms with Crippen LogP contribution in [0.2, 0.25) is 0 Å². The van der Waals surface area contributed by atoms with Crippen molar-refractivity contribution in [1.29, 1.82) is 0 Å². The minimum absolute atomic E-state index is 0.907. The third-order valence-corrected chi connectivity index (χ3v) is 3.92. The molecular formula is C18H22N4. The molecule has 1 aromatic heterocycles. The first-order chi connectivity index (χ1) is 10.8. The van der Waals surface area contributed by atoms with Crippen LogP contribution in [0.4, 0.5) is 0 Å². The number of hydrogen-bond donors (Lipinski definition) is 0. The number of rotatable bonds is 4. The molecule has 4 heteroatoms. The Balaban J connectivity index is 1.48. The smallest absolute Gasteiger partial charge is 0.0830 e. The van der Waals surface area contributed by atoms with Crippen molar-refractivity contribution in [1.82, 2.24) is 14.9 Å². The Morgan fingerprint density at radius 1 is 1.05 bits per heavy atom. The molecule has 0 atom stereocenters. The van der Waals surface area contributed by atoms with Gasteiger partial charge in [0, 0.05) is 38.9 Å². The Hall–Kier alpha value is -2.20. The monoisotopic (exact) mass is 294 g/mol. The molecule has 1 saturated heterocycles. The van der Waals surface area contributed by atoms with Gasteiger partial charge in [0.1, 0.15) is 0 Å². The molecule has 114 valence electrons. The highest BCUT2D eigenvalue weighted by molar-refractivity contribution is 5.76. The highest BCUT2D eigenvalue weighted by atomic mass is 15.5. The standard InChI is InChI=1S/C18H22N4/c1-16-5-7-17(8-6-16)15-21-10-12-22(13-11-21)20-14-18-4-2-3-9-19-18/h2-9,14H,10-13,15H2,1H3/b20-14-. The van der Waals surface area contributed by atoms with Crippen LogP contribution in [0, 0.1) is 6.92 Å². The normalized spacial score (nSPS) is 16.3. The first-order valence-electron chi connectivity index (χ1n) is 7.77. The van der Waals surface area contributed by atoms with Crippen LogP contribution < -0.4 is 0 Å². The number of benzene rings is 1. The lowest BCUT2D eigenvalue weighted by Crippen LogP contribution is -2.43. The van der Waals surface area contributed by atoms with E-state index in [9.17, 15) is 0 Å². The summed E-state index contributed by atoms with van der Waals surface area (Å²) in [5.41, 5.74) is 3.61. The summed E-state index contributed by atoms with van der Waals surface area (Å²) in [6, 6.07) is 14.7. The predicted octanol–water partition coefficient (Wildman–Crippen LogP) is 2.54. The number of hydrogen-bond acceptors (Lipinski definition) is 4. The van der Waals surface area contributed by atoms with E-state index in [4.69, 9.17) is 0 Å². The predicted molar refractivity (Wildman–Crippen MR) is 89.9 cm³/mol. The molecule has 1 aromatic carbocycles. The minimum atomic E-state index is 0.907. The second kappa shape index (κ2) is 7.18. The summed E-state index contributed by atoms with van der Waals surface area (Å²) in [4.78, 5) is 6.74. The van der Waals surface area contributed by atoms with Crippen molar-refractivity contribution < 1.29 is 0 Å². The fourth-order valence-electron chi connectivity index (χ4n) is 2.56. The van der Waals surface area contributed by atoms with Gasteiger partial charge in [0.2, 0.25) is 0 Å². The van der Waals surface area contributed by atoms with Crippen LogP contribution in [0.25, 0.3) is 0 Å². The number of hydrazone groups is 1. The van der Waals surface area contributed by atoms with Gasteiger partial charge in [-0.3, -0.25) is 14.9 Å². The van der Waals surface area contributed by atoms with Gasteiger partial charge < -0.3 is 0 Å². The van der Waals surface area contributed by atoms with Gasteiger partial charge in [-0.15, -0.1) is 0 Å². The van der Waals surface area contributed by atoms with Crippen molar-refractivity contribution in [3.05, 3.63) is 65.5 Å². The first kappa shape index (κ1) is 14.7. The first-order valence-corrected chi connectivity index (χ1v) is 7.77. The molecule has 0 N–H and O–H groups in total. The van der Waals surface area contributed by atoms with Gasteiger partial charge >= 0.3 is 0 Å². The van der Waals surface area contributed by atoms with Crippen molar-refractivity contribution in [2.75, 3.05) is 26.2 Å². The van der Waals surface area contributed by atoms with Crippen molar-refractivity contribution in [2.45, 2.75) is 13.5 Å². The van der Waals surface area contributed by atoms with Crippen molar-refractivity contribution in [3.63, 3.8) is 0 Å². The van der Waals surface area contributed by atoms with E-state index >= 15 is 0 Å². The van der Waals surface area contributed by atoms with Gasteiger partial charge in [0.15, 0.2) is 0 Å². The highest BCUT2D eigenvalue weighted by Gasteiger charge is 2.15. The summed E-state index contributed by atoms with van der Waals surface area (Å²) < 4.78 is 0. The lowest BCUT2D eigenvalue weighted by molar-refractivity contribution is 0.131. The van der Waals surface area contributed by atoms with Crippen molar-refractivity contribution in [2.24, 2.45) is 5.10 Å². The fourth-order valence-corrected chi connectivity index (χ4v) is 2.56. The lowest BCUT2D eigenvalue weighted by Gasteiger charge is -2.33. The summed E-state index contributed by atoms with van der Waals surface area (Å²) in [7, 11) is 0. The average Bonchev–Trinajstić information content (AvgIpc) is 2.57. The van der Waals surface area contributed by atoms with Crippen LogP contribution in [0.3, 0.4) is 0 Å². The average molecular weight is 294 g/mol. The van der Waals surface area contributed by atoms with E-state index in [1.165, 1.54) is 11.1 Å². The fraction of sp³-hybridized carbons (Fsp3) is 0.333. The largest absolute Gasteiger partial charge is 0.295 e. The molecule has 0 bridgehead atoms. The topological polar surface area (TPSA) is 31.7 Å². The molecule has 0 radical (unpaired) electrons. The zero-order valence-corrected chi connectivity index (χ0v) is 13.0. The molecule has 1 aliphatic rings. The molecule has 2 heterocycles. The Bertz CT molecular complexity index is 599. The molecule has 0 amide bonds. The Morgan fingerprint density at radius 2 is 1.82 bits per heavy atom. The molecule has 0 spiro atoms. The van der Waals surface area contributed by atoms with Crippen molar-refractivity contribution in [3.8, 4) is 0 Å². The summed E-state index contributed by atoms with van der Waals surface area (Å²) >= 11 is 0. The van der Waals surface area contributed by atoms with E-state index in [2.05, 4.69) is 51.2 Å². The molecule has 3 rings (SSSR count). The number of pyridine rings is 1. The third kappa shape index (κ3) is 4.15. The molecule has 0 aliphatic carbocycles. The molecule has 1 fully saturated rings. The maximum Gasteiger partial charge on any atom is 0.0830 e. The zero-order valence-electron chi connectivity index (χ0n) is 13.0. The van der Waals surface area contributed by atoms with Gasteiger partial charge in [0.05, 0.1) is 11.9 Å². The van der Waals surface area contributed by atoms with Crippen LogP contribution in [-0.2, 0) is 6.54 Å². The van der Waals surface area contributed by atoms with E-state index in [-0.39, 0.29) is 0 Å². The van der Waals surface area contributed by atoms with Gasteiger partial charge in [-0.1, -0.05) is 35.9 Å². The third-order valence-electron chi connectivity index (χ3n) is 3.92. The molecule has 22 heavy (non-hydrogen) atoms. The molecule has 4 nitrogen and oxygen atoms in total. The number of nitrogens with zero attached hydrogens (tertiary/aromatic N) is 4. The van der Waals surface area contributed by atoms with Gasteiger partial charge in [-0.2, -0.15) is 5.10 Å². The zero-order chi connectivity index (χ0) is 15.2. The van der Waals surface area contributed by atoms with E-state index in [1.54, 1.807) is 6.20 Å². The summed E-state index contributed by atoms with van der Waals surface area (Å²) in [5.74, 6) is 0. The second-order valence-electron chi connectivity index (χ2n) is 5.71. The number of aryl methyl sites for hydroxylation is 1. The van der Waals surface area contributed by atoms with E-state index in [0.717, 1.165) is 38.4 Å². The number of aromatic nitrogens is 1. The molecule has 2 aromatic rings. The lowest BCUT2D eigenvalue weighted by atomic mass is 10.1. The Labute approximate surface area is 132 Å². The van der Waals surface area contributed by atoms with E-state index < -0.39 is 0 Å². The summed E-state index contributed by atoms with van der Waals surface area (Å²) in [5, 5.41) is 6.65. The Kier molecular flexibility index (Phi) is 4.81. The SMILES string of the molecule is Cc1ccc(CN2CCN(/N=C\c3ccccn3)CC2)cc1. The molecule has 0 saturated carbocycles. The molecule has 0 unspecified atom stereocenters. The summed E-state index contributed by atoms with van der Waals surface area (Å²) in [6.45, 7) is 7.19. The van der Waals surface area contributed by atoms with Crippen LogP contribution in [0.15, 0.2) is 53.8 Å². The maximum atomic E-state index is 4.53. The Morgan fingerprint density at radius 3 is 2.50 bits per heavy atom. The van der Waals surface area contributed by atoms with Crippen molar-refractivity contribution >= 4 is 6.21 Å². The quantitative estimate of drug-likeness (QED) is 0.812. The highest BCUT2D eigenvalue weighted by Crippen LogP contribution is 2.10. The van der Waals surface area contributed by atoms with Crippen LogP contribution in [0.1, 0.15) is 16.8 Å². The van der Waals surface area contributed by atoms with E-state index in [1.807, 2.05) is 24.4 Å². The van der Waals surface area contributed by atoms with Crippen LogP contribution in [-0.4, -0.2) is 47.3 Å². The minimum Gasteiger partial charge on any atom is -0.295 e. The molecular weight excluding hydrogens is 272 g/mol. The molecule has 1 aliphatic heterocycles.